The van der Waals surface area contributed by atoms with Crippen LogP contribution in [0.4, 0.5) is 0 Å². The molecule has 0 bridgehead atoms. The Hall–Kier alpha value is -0.140. The Morgan fingerprint density at radius 2 is 1.83 bits per heavy atom. The zero-order valence-corrected chi connectivity index (χ0v) is 8.87. The summed E-state index contributed by atoms with van der Waals surface area (Å²) >= 11 is 0. The molecule has 0 aliphatic heterocycles. The van der Waals surface area contributed by atoms with Crippen molar-refractivity contribution in [3.63, 3.8) is 0 Å². The standard InChI is InChI=1S/C5H10N2O3.Na.H2O/c6-3(5(9)10)1-2-4(7)8;;/h3H,1-2,6H2,(H2,7,8)(H,9,10);;1H2/q;+1;/p-1. The predicted molar refractivity (Wildman–Crippen MR) is 35.0 cm³/mol. The molecule has 0 aliphatic rings. The molecule has 0 aliphatic carbocycles. The van der Waals surface area contributed by atoms with E-state index in [4.69, 9.17) is 11.5 Å². The molecule has 1 atom stereocenters. The first-order valence-corrected chi connectivity index (χ1v) is 2.78. The van der Waals surface area contributed by atoms with Gasteiger partial charge in [0.2, 0.25) is 5.91 Å². The van der Waals surface area contributed by atoms with Crippen molar-refractivity contribution < 1.29 is 49.7 Å². The minimum Gasteiger partial charge on any atom is -0.548 e. The molecule has 0 aromatic rings. The third-order valence-corrected chi connectivity index (χ3v) is 1.00. The minimum atomic E-state index is -1.36. The Morgan fingerprint density at radius 3 is 2.08 bits per heavy atom. The SMILES string of the molecule is NC(=O)CCC(N)C(=O)[O-].O.[Na+]. The first kappa shape index (κ1) is 17.8. The van der Waals surface area contributed by atoms with Crippen LogP contribution in [0, 0.1) is 0 Å². The molecule has 12 heavy (non-hydrogen) atoms. The Balaban J connectivity index is -0.000000405. The van der Waals surface area contributed by atoms with Crippen molar-refractivity contribution in [2.24, 2.45) is 11.5 Å². The number of carboxylic acids is 1. The number of nitrogens with two attached hydrogens (primary N) is 2. The van der Waals surface area contributed by atoms with E-state index in [1.54, 1.807) is 0 Å². The maximum atomic E-state index is 10.1. The minimum absolute atomic E-state index is 0. The van der Waals surface area contributed by atoms with E-state index in [0.717, 1.165) is 0 Å². The van der Waals surface area contributed by atoms with Crippen LogP contribution in [0.2, 0.25) is 0 Å². The summed E-state index contributed by atoms with van der Waals surface area (Å²) in [6.07, 6.45) is 0.0206. The molecule has 1 unspecified atom stereocenters. The van der Waals surface area contributed by atoms with E-state index in [-0.39, 0.29) is 47.9 Å². The summed E-state index contributed by atoms with van der Waals surface area (Å²) < 4.78 is 0. The number of aliphatic carboxylic acids is 1. The third kappa shape index (κ3) is 9.86. The maximum absolute atomic E-state index is 10.1. The zero-order chi connectivity index (χ0) is 8.15. The summed E-state index contributed by atoms with van der Waals surface area (Å²) in [5.41, 5.74) is 9.73. The van der Waals surface area contributed by atoms with Gasteiger partial charge < -0.3 is 26.8 Å². The fourth-order valence-corrected chi connectivity index (χ4v) is 0.416. The second-order valence-corrected chi connectivity index (χ2v) is 1.93. The van der Waals surface area contributed by atoms with E-state index >= 15 is 0 Å². The molecule has 0 fully saturated rings. The molecule has 0 saturated carbocycles. The summed E-state index contributed by atoms with van der Waals surface area (Å²) in [5, 5.41) is 9.92. The zero-order valence-electron chi connectivity index (χ0n) is 6.87. The summed E-state index contributed by atoms with van der Waals surface area (Å²) in [7, 11) is 0. The van der Waals surface area contributed by atoms with Crippen molar-refractivity contribution in [1.29, 1.82) is 0 Å². The summed E-state index contributed by atoms with van der Waals surface area (Å²) in [5.74, 6) is -1.92. The number of carboxylic acid groups (broad SMARTS) is 1. The summed E-state index contributed by atoms with van der Waals surface area (Å²) in [4.78, 5) is 20.0. The maximum Gasteiger partial charge on any atom is 1.00 e. The quantitative estimate of drug-likeness (QED) is 0.421. The van der Waals surface area contributed by atoms with Gasteiger partial charge in [-0.25, -0.2) is 0 Å². The van der Waals surface area contributed by atoms with Gasteiger partial charge in [0, 0.05) is 12.5 Å². The van der Waals surface area contributed by atoms with Crippen LogP contribution in [0.1, 0.15) is 12.8 Å². The summed E-state index contributed by atoms with van der Waals surface area (Å²) in [6.45, 7) is 0. The second kappa shape index (κ2) is 8.95. The number of primary amides is 1. The molecule has 66 valence electrons. The van der Waals surface area contributed by atoms with Gasteiger partial charge >= 0.3 is 29.6 Å². The fourth-order valence-electron chi connectivity index (χ4n) is 0.416. The van der Waals surface area contributed by atoms with E-state index in [1.165, 1.54) is 0 Å². The monoisotopic (exact) mass is 186 g/mol. The van der Waals surface area contributed by atoms with Crippen LogP contribution in [0.25, 0.3) is 0 Å². The van der Waals surface area contributed by atoms with Crippen LogP contribution in [-0.2, 0) is 9.59 Å². The van der Waals surface area contributed by atoms with Crippen molar-refractivity contribution in [2.75, 3.05) is 0 Å². The van der Waals surface area contributed by atoms with E-state index < -0.39 is 17.9 Å². The smallest absolute Gasteiger partial charge is 0.548 e. The van der Waals surface area contributed by atoms with Gasteiger partial charge in [0.1, 0.15) is 0 Å². The van der Waals surface area contributed by atoms with Crippen molar-refractivity contribution in [1.82, 2.24) is 0 Å². The Morgan fingerprint density at radius 1 is 1.42 bits per heavy atom. The van der Waals surface area contributed by atoms with Crippen molar-refractivity contribution in [3.8, 4) is 0 Å². The van der Waals surface area contributed by atoms with Gasteiger partial charge in [-0.2, -0.15) is 0 Å². The molecule has 6 nitrogen and oxygen atoms in total. The van der Waals surface area contributed by atoms with Crippen molar-refractivity contribution in [3.05, 3.63) is 0 Å². The number of carbonyl (C=O) groups is 2. The van der Waals surface area contributed by atoms with E-state index in [1.807, 2.05) is 0 Å². The molecule has 0 aromatic heterocycles. The molecule has 0 radical (unpaired) electrons. The topological polar surface area (TPSA) is 141 Å². The van der Waals surface area contributed by atoms with E-state index in [0.29, 0.717) is 0 Å². The molecule has 0 heterocycles. The average Bonchev–Trinajstić information content (AvgIpc) is 1.82. The van der Waals surface area contributed by atoms with Gasteiger partial charge in [-0.05, 0) is 6.42 Å². The van der Waals surface area contributed by atoms with E-state index in [2.05, 4.69) is 0 Å². The number of amides is 1. The first-order chi connectivity index (χ1) is 4.54. The fraction of sp³-hybridized carbons (Fsp3) is 0.600. The van der Waals surface area contributed by atoms with Crippen LogP contribution in [0.5, 0.6) is 0 Å². The molecule has 0 spiro atoms. The van der Waals surface area contributed by atoms with Crippen LogP contribution in [0.15, 0.2) is 0 Å². The molecular weight excluding hydrogens is 175 g/mol. The van der Waals surface area contributed by atoms with Crippen LogP contribution in [-0.4, -0.2) is 23.4 Å². The van der Waals surface area contributed by atoms with Crippen LogP contribution < -0.4 is 46.1 Å². The van der Waals surface area contributed by atoms with Gasteiger partial charge in [0.15, 0.2) is 0 Å². The van der Waals surface area contributed by atoms with Crippen molar-refractivity contribution in [2.45, 2.75) is 18.9 Å². The van der Waals surface area contributed by atoms with Crippen molar-refractivity contribution >= 4 is 11.9 Å². The van der Waals surface area contributed by atoms with E-state index in [9.17, 15) is 14.7 Å². The van der Waals surface area contributed by atoms with Gasteiger partial charge in [-0.15, -0.1) is 0 Å². The summed E-state index contributed by atoms with van der Waals surface area (Å²) in [6, 6.07) is -1.09. The second-order valence-electron chi connectivity index (χ2n) is 1.93. The Kier molecular flexibility index (Phi) is 13.3. The van der Waals surface area contributed by atoms with Gasteiger partial charge in [-0.1, -0.05) is 0 Å². The molecular formula is C5H11N2NaO4. The van der Waals surface area contributed by atoms with Gasteiger partial charge in [0.25, 0.3) is 0 Å². The largest absolute Gasteiger partial charge is 1.00 e. The van der Waals surface area contributed by atoms with Crippen LogP contribution >= 0.6 is 0 Å². The molecule has 6 N–H and O–H groups in total. The number of hydrogen-bond acceptors (Lipinski definition) is 4. The predicted octanol–water partition coefficient (Wildman–Crippen LogP) is -6.49. The number of hydrogen-bond donors (Lipinski definition) is 2. The third-order valence-electron chi connectivity index (χ3n) is 1.00. The van der Waals surface area contributed by atoms with Crippen LogP contribution in [0.3, 0.4) is 0 Å². The molecule has 7 heteroatoms. The van der Waals surface area contributed by atoms with Gasteiger partial charge in [0.05, 0.1) is 5.97 Å². The molecule has 0 saturated heterocycles. The molecule has 1 amide bonds. The Bertz CT molecular complexity index is 152. The normalized spacial score (nSPS) is 10.4. The molecule has 0 aromatic carbocycles. The Labute approximate surface area is 91.9 Å². The van der Waals surface area contributed by atoms with Gasteiger partial charge in [-0.3, -0.25) is 4.79 Å². The first-order valence-electron chi connectivity index (χ1n) is 2.78. The number of carbonyl (C=O) groups excluding carboxylic acids is 2. The number of rotatable bonds is 4. The average molecular weight is 186 g/mol. The molecule has 0 rings (SSSR count).